The summed E-state index contributed by atoms with van der Waals surface area (Å²) in [6.07, 6.45) is 5.56. The zero-order valence-corrected chi connectivity index (χ0v) is 15.5. The number of piperazine rings is 1. The van der Waals surface area contributed by atoms with Crippen molar-refractivity contribution in [3.8, 4) is 0 Å². The average Bonchev–Trinajstić information content (AvgIpc) is 2.57. The molecule has 0 saturated carbocycles. The summed E-state index contributed by atoms with van der Waals surface area (Å²) in [6.45, 7) is 9.82. The Labute approximate surface area is 152 Å². The van der Waals surface area contributed by atoms with Gasteiger partial charge in [0.05, 0.1) is 0 Å². The van der Waals surface area contributed by atoms with E-state index < -0.39 is 0 Å². The second kappa shape index (κ2) is 9.73. The molecule has 0 unspecified atom stereocenters. The van der Waals surface area contributed by atoms with Gasteiger partial charge >= 0.3 is 0 Å². The van der Waals surface area contributed by atoms with Gasteiger partial charge in [-0.2, -0.15) is 0 Å². The van der Waals surface area contributed by atoms with E-state index in [0.29, 0.717) is 0 Å². The molecule has 0 N–H and O–H groups in total. The van der Waals surface area contributed by atoms with Gasteiger partial charge in [-0.15, -0.1) is 12.4 Å². The molecule has 0 radical (unpaired) electrons. The minimum atomic E-state index is 0. The van der Waals surface area contributed by atoms with Crippen molar-refractivity contribution in [3.05, 3.63) is 29.3 Å². The van der Waals surface area contributed by atoms with Crippen molar-refractivity contribution in [2.24, 2.45) is 0 Å². The molecule has 0 spiro atoms. The molecule has 23 heavy (non-hydrogen) atoms. The summed E-state index contributed by atoms with van der Waals surface area (Å²) < 4.78 is 0. The van der Waals surface area contributed by atoms with Crippen LogP contribution in [-0.2, 0) is 0 Å². The SMILES string of the molecule is Cl.Clc1ccc(N2CCN(CCCN3CCCCC3)CC2)cc1. The minimum Gasteiger partial charge on any atom is -0.369 e. The highest BCUT2D eigenvalue weighted by molar-refractivity contribution is 6.30. The monoisotopic (exact) mass is 357 g/mol. The highest BCUT2D eigenvalue weighted by Gasteiger charge is 2.17. The summed E-state index contributed by atoms with van der Waals surface area (Å²) in [4.78, 5) is 7.74. The van der Waals surface area contributed by atoms with Gasteiger partial charge in [0.1, 0.15) is 0 Å². The van der Waals surface area contributed by atoms with Crippen LogP contribution in [0.15, 0.2) is 24.3 Å². The van der Waals surface area contributed by atoms with Crippen LogP contribution in [0.1, 0.15) is 25.7 Å². The maximum Gasteiger partial charge on any atom is 0.0407 e. The molecule has 2 heterocycles. The Bertz CT molecular complexity index is 438. The molecule has 1 aromatic carbocycles. The number of halogens is 2. The summed E-state index contributed by atoms with van der Waals surface area (Å²) in [5.74, 6) is 0. The number of nitrogens with zero attached hydrogens (tertiary/aromatic N) is 3. The van der Waals surface area contributed by atoms with E-state index in [0.717, 1.165) is 18.1 Å². The van der Waals surface area contributed by atoms with Gasteiger partial charge in [0.2, 0.25) is 0 Å². The molecule has 2 aliphatic rings. The number of rotatable bonds is 5. The van der Waals surface area contributed by atoms with Gasteiger partial charge in [-0.25, -0.2) is 0 Å². The Morgan fingerprint density at radius 2 is 1.30 bits per heavy atom. The van der Waals surface area contributed by atoms with E-state index in [2.05, 4.69) is 26.8 Å². The van der Waals surface area contributed by atoms with E-state index in [1.807, 2.05) is 12.1 Å². The van der Waals surface area contributed by atoms with Crippen molar-refractivity contribution < 1.29 is 0 Å². The van der Waals surface area contributed by atoms with E-state index >= 15 is 0 Å². The van der Waals surface area contributed by atoms with Crippen LogP contribution in [0.5, 0.6) is 0 Å². The third kappa shape index (κ3) is 5.82. The summed E-state index contributed by atoms with van der Waals surface area (Å²) in [6, 6.07) is 8.24. The quantitative estimate of drug-likeness (QED) is 0.794. The fourth-order valence-electron chi connectivity index (χ4n) is 3.58. The zero-order valence-electron chi connectivity index (χ0n) is 13.9. The zero-order chi connectivity index (χ0) is 15.2. The van der Waals surface area contributed by atoms with Crippen LogP contribution in [0.2, 0.25) is 5.02 Å². The highest BCUT2D eigenvalue weighted by Crippen LogP contribution is 2.19. The molecule has 0 atom stereocenters. The van der Waals surface area contributed by atoms with Gasteiger partial charge in [-0.1, -0.05) is 18.0 Å². The number of likely N-dealkylation sites (tertiary alicyclic amines) is 1. The molecule has 2 aliphatic heterocycles. The van der Waals surface area contributed by atoms with Crippen molar-refractivity contribution in [1.82, 2.24) is 9.80 Å². The standard InChI is InChI=1S/C18H28ClN3.ClH/c19-17-5-7-18(8-6-17)22-15-13-21(14-16-22)12-4-11-20-9-2-1-3-10-20;/h5-8H,1-4,9-16H2;1H. The molecule has 2 fully saturated rings. The first-order valence-corrected chi connectivity index (χ1v) is 9.14. The first-order chi connectivity index (χ1) is 10.8. The lowest BCUT2D eigenvalue weighted by Crippen LogP contribution is -2.47. The molecule has 3 rings (SSSR count). The molecular weight excluding hydrogens is 329 g/mol. The first kappa shape index (κ1) is 18.9. The lowest BCUT2D eigenvalue weighted by atomic mass is 10.1. The van der Waals surface area contributed by atoms with Gasteiger partial charge in [-0.3, -0.25) is 4.90 Å². The molecule has 0 aromatic heterocycles. The van der Waals surface area contributed by atoms with E-state index in [1.54, 1.807) is 0 Å². The molecule has 0 amide bonds. The Morgan fingerprint density at radius 3 is 1.91 bits per heavy atom. The average molecular weight is 358 g/mol. The van der Waals surface area contributed by atoms with Crippen molar-refractivity contribution in [3.63, 3.8) is 0 Å². The van der Waals surface area contributed by atoms with Crippen molar-refractivity contribution >= 4 is 29.7 Å². The molecule has 0 bridgehead atoms. The molecule has 0 aliphatic carbocycles. The van der Waals surface area contributed by atoms with Gasteiger partial charge in [0, 0.05) is 36.9 Å². The molecule has 130 valence electrons. The summed E-state index contributed by atoms with van der Waals surface area (Å²) in [5.41, 5.74) is 1.30. The topological polar surface area (TPSA) is 9.72 Å². The first-order valence-electron chi connectivity index (χ1n) is 8.76. The maximum absolute atomic E-state index is 5.96. The number of piperidine rings is 1. The van der Waals surface area contributed by atoms with Gasteiger partial charge < -0.3 is 9.80 Å². The Morgan fingerprint density at radius 1 is 0.739 bits per heavy atom. The molecule has 1 aromatic rings. The number of anilines is 1. The van der Waals surface area contributed by atoms with Crippen LogP contribution in [0.25, 0.3) is 0 Å². The predicted molar refractivity (Wildman–Crippen MR) is 102 cm³/mol. The van der Waals surface area contributed by atoms with E-state index in [4.69, 9.17) is 11.6 Å². The van der Waals surface area contributed by atoms with E-state index in [9.17, 15) is 0 Å². The summed E-state index contributed by atoms with van der Waals surface area (Å²) >= 11 is 5.96. The molecule has 3 nitrogen and oxygen atoms in total. The largest absolute Gasteiger partial charge is 0.369 e. The Kier molecular flexibility index (Phi) is 7.97. The Balaban J connectivity index is 0.00000192. The molecule has 2 saturated heterocycles. The molecule has 5 heteroatoms. The third-order valence-corrected chi connectivity index (χ3v) is 5.21. The number of benzene rings is 1. The second-order valence-electron chi connectivity index (χ2n) is 6.56. The fraction of sp³-hybridized carbons (Fsp3) is 0.667. The smallest absolute Gasteiger partial charge is 0.0407 e. The van der Waals surface area contributed by atoms with Gasteiger partial charge in [0.25, 0.3) is 0 Å². The van der Waals surface area contributed by atoms with E-state index in [1.165, 1.54) is 70.6 Å². The summed E-state index contributed by atoms with van der Waals surface area (Å²) in [7, 11) is 0. The van der Waals surface area contributed by atoms with Crippen LogP contribution >= 0.6 is 24.0 Å². The number of hydrogen-bond acceptors (Lipinski definition) is 3. The van der Waals surface area contributed by atoms with Gasteiger partial charge in [0.15, 0.2) is 0 Å². The highest BCUT2D eigenvalue weighted by atomic mass is 35.5. The fourth-order valence-corrected chi connectivity index (χ4v) is 3.71. The van der Waals surface area contributed by atoms with Crippen LogP contribution in [0.4, 0.5) is 5.69 Å². The van der Waals surface area contributed by atoms with Crippen molar-refractivity contribution in [2.75, 3.05) is 57.3 Å². The van der Waals surface area contributed by atoms with Crippen LogP contribution < -0.4 is 4.90 Å². The lowest BCUT2D eigenvalue weighted by molar-refractivity contribution is 0.198. The van der Waals surface area contributed by atoms with Crippen LogP contribution in [0, 0.1) is 0 Å². The predicted octanol–water partition coefficient (Wildman–Crippen LogP) is 3.76. The van der Waals surface area contributed by atoms with Crippen molar-refractivity contribution in [2.45, 2.75) is 25.7 Å². The second-order valence-corrected chi connectivity index (χ2v) is 7.00. The van der Waals surface area contributed by atoms with Crippen LogP contribution in [-0.4, -0.2) is 62.2 Å². The summed E-state index contributed by atoms with van der Waals surface area (Å²) in [5, 5.41) is 0.820. The lowest BCUT2D eigenvalue weighted by Gasteiger charge is -2.36. The minimum absolute atomic E-state index is 0. The Hall–Kier alpha value is -0.480. The molecular formula is C18H29Cl2N3. The number of hydrogen-bond donors (Lipinski definition) is 0. The van der Waals surface area contributed by atoms with Crippen LogP contribution in [0.3, 0.4) is 0 Å². The van der Waals surface area contributed by atoms with Crippen molar-refractivity contribution in [1.29, 1.82) is 0 Å². The normalized spacial score (nSPS) is 20.3. The van der Waals surface area contributed by atoms with Gasteiger partial charge in [-0.05, 0) is 69.7 Å². The third-order valence-electron chi connectivity index (χ3n) is 4.96. The van der Waals surface area contributed by atoms with E-state index in [-0.39, 0.29) is 12.4 Å². The maximum atomic E-state index is 5.96.